The molecule has 1 amide bonds. The van der Waals surface area contributed by atoms with Crippen molar-refractivity contribution in [2.75, 3.05) is 39.1 Å². The fourth-order valence-corrected chi connectivity index (χ4v) is 6.56. The quantitative estimate of drug-likeness (QED) is 0.259. The van der Waals surface area contributed by atoms with Crippen molar-refractivity contribution in [3.8, 4) is 17.0 Å². The van der Waals surface area contributed by atoms with Gasteiger partial charge in [-0.1, -0.05) is 17.8 Å². The summed E-state index contributed by atoms with van der Waals surface area (Å²) in [6.07, 6.45) is 1.09. The van der Waals surface area contributed by atoms with Crippen LogP contribution in [-0.4, -0.2) is 89.2 Å². The van der Waals surface area contributed by atoms with Crippen LogP contribution < -0.4 is 10.1 Å². The first kappa shape index (κ1) is 34.4. The van der Waals surface area contributed by atoms with E-state index in [0.29, 0.717) is 50.0 Å². The lowest BCUT2D eigenvalue weighted by Gasteiger charge is -2.33. The summed E-state index contributed by atoms with van der Waals surface area (Å²) >= 11 is 1.24. The van der Waals surface area contributed by atoms with E-state index in [9.17, 15) is 27.9 Å². The smallest absolute Gasteiger partial charge is 0.419 e. The van der Waals surface area contributed by atoms with Crippen molar-refractivity contribution in [3.63, 3.8) is 0 Å². The molecule has 1 unspecified atom stereocenters. The van der Waals surface area contributed by atoms with Gasteiger partial charge in [-0.2, -0.15) is 13.2 Å². The number of nitrogens with one attached hydrogen (secondary N) is 1. The first-order valence-corrected chi connectivity index (χ1v) is 15.9. The number of thiazole rings is 1. The number of halogens is 3. The molecule has 0 aliphatic carbocycles. The summed E-state index contributed by atoms with van der Waals surface area (Å²) in [4.78, 5) is 43.2. The Balaban J connectivity index is 1.58. The highest BCUT2D eigenvalue weighted by molar-refractivity contribution is 7.16. The van der Waals surface area contributed by atoms with Gasteiger partial charge in [0.05, 0.1) is 30.5 Å². The highest BCUT2D eigenvalue weighted by Crippen LogP contribution is 2.41. The largest absolute Gasteiger partial charge is 0.496 e. The van der Waals surface area contributed by atoms with Crippen LogP contribution in [-0.2, 0) is 22.3 Å². The Bertz CT molecular complexity index is 1430. The van der Waals surface area contributed by atoms with Crippen molar-refractivity contribution in [3.05, 3.63) is 28.6 Å². The molecular formula is C31H41F3N6O4S. The van der Waals surface area contributed by atoms with Gasteiger partial charge in [-0.15, -0.1) is 0 Å². The first-order chi connectivity index (χ1) is 21.2. The van der Waals surface area contributed by atoms with Crippen LogP contribution in [0.1, 0.15) is 63.3 Å². The highest BCUT2D eigenvalue weighted by Gasteiger charge is 2.35. The fraction of sp³-hybridized carbons (Fsp3) is 0.581. The standard InChI is InChI=1S/C31H41F3N6O4S/c1-19-8-6-7-13-40(19)18-24-26(21-9-10-23(44-5)22(16-21)31(32,33)34)37-29(45-24)38-28(43)30(2,3)36-17-25(35-4)39-14-11-20(12-15-39)27(41)42/h9-10,16-17,19-20H,6-8,11-15,18H2,1-5H3,(H,41,42)(H,37,38,43). The Kier molecular flexibility index (Phi) is 10.9. The van der Waals surface area contributed by atoms with E-state index in [1.165, 1.54) is 30.7 Å². The number of hydrogen-bond donors (Lipinski definition) is 2. The number of methoxy groups -OCH3 is 1. The van der Waals surface area contributed by atoms with Crippen molar-refractivity contribution in [2.24, 2.45) is 15.9 Å². The summed E-state index contributed by atoms with van der Waals surface area (Å²) in [5, 5.41) is 12.4. The molecule has 0 radical (unpaired) electrons. The number of likely N-dealkylation sites (tertiary alicyclic amines) is 2. The SMILES string of the molecule is CN=C(C=NC(C)(C)C(=O)Nc1nc(-c2ccc(OC)c(C(F)(F)F)c2)c(CN2CCCCC2C)s1)N1CCC(C(=O)O)CC1. The normalized spacial score (nSPS) is 19.2. The second-order valence-electron chi connectivity index (χ2n) is 12.0. The zero-order chi connectivity index (χ0) is 32.9. The molecule has 2 fully saturated rings. The second-order valence-corrected chi connectivity index (χ2v) is 13.1. The third kappa shape index (κ3) is 8.40. The van der Waals surface area contributed by atoms with Crippen molar-refractivity contribution in [2.45, 2.75) is 77.2 Å². The van der Waals surface area contributed by atoms with E-state index in [1.807, 2.05) is 4.90 Å². The molecule has 2 N–H and O–H groups in total. The summed E-state index contributed by atoms with van der Waals surface area (Å²) in [5.74, 6) is -1.36. The van der Waals surface area contributed by atoms with Gasteiger partial charge in [0.15, 0.2) is 5.13 Å². The molecule has 1 aromatic heterocycles. The molecule has 14 heteroatoms. The van der Waals surface area contributed by atoms with Crippen LogP contribution in [0.2, 0.25) is 0 Å². The van der Waals surface area contributed by atoms with Crippen LogP contribution in [0.5, 0.6) is 5.75 Å². The van der Waals surface area contributed by atoms with Crippen LogP contribution in [0, 0.1) is 5.92 Å². The van der Waals surface area contributed by atoms with E-state index in [1.54, 1.807) is 27.0 Å². The van der Waals surface area contributed by atoms with Crippen LogP contribution in [0.4, 0.5) is 18.3 Å². The molecule has 1 aromatic carbocycles. The number of nitrogens with zero attached hydrogens (tertiary/aromatic N) is 5. The van der Waals surface area contributed by atoms with E-state index >= 15 is 0 Å². The highest BCUT2D eigenvalue weighted by atomic mass is 32.1. The third-order valence-electron chi connectivity index (χ3n) is 8.44. The van der Waals surface area contributed by atoms with Gasteiger partial charge in [0.2, 0.25) is 0 Å². The number of alkyl halides is 3. The molecule has 0 saturated carbocycles. The molecular weight excluding hydrogens is 609 g/mol. The van der Waals surface area contributed by atoms with Crippen molar-refractivity contribution >= 4 is 40.4 Å². The summed E-state index contributed by atoms with van der Waals surface area (Å²) in [7, 11) is 2.81. The number of ether oxygens (including phenoxy) is 1. The number of aliphatic carboxylic acids is 1. The monoisotopic (exact) mass is 650 g/mol. The number of carboxylic acids is 1. The van der Waals surface area contributed by atoms with Crippen LogP contribution >= 0.6 is 11.3 Å². The predicted octanol–water partition coefficient (Wildman–Crippen LogP) is 5.82. The number of carbonyl (C=O) groups excluding carboxylic acids is 1. The number of aromatic nitrogens is 1. The zero-order valence-electron chi connectivity index (χ0n) is 26.3. The molecule has 0 spiro atoms. The predicted molar refractivity (Wildman–Crippen MR) is 169 cm³/mol. The van der Waals surface area contributed by atoms with Gasteiger partial charge in [0, 0.05) is 43.2 Å². The summed E-state index contributed by atoms with van der Waals surface area (Å²) in [6.45, 7) is 7.83. The lowest BCUT2D eigenvalue weighted by Crippen LogP contribution is -2.42. The van der Waals surface area contributed by atoms with E-state index in [0.717, 1.165) is 36.8 Å². The zero-order valence-corrected chi connectivity index (χ0v) is 27.1. The third-order valence-corrected chi connectivity index (χ3v) is 9.39. The van der Waals surface area contributed by atoms with Crippen LogP contribution in [0.3, 0.4) is 0 Å². The van der Waals surface area contributed by atoms with Gasteiger partial charge in [0.1, 0.15) is 17.1 Å². The molecule has 45 heavy (non-hydrogen) atoms. The number of carboxylic acid groups (broad SMARTS) is 1. The van der Waals surface area contributed by atoms with Crippen molar-refractivity contribution in [1.82, 2.24) is 14.8 Å². The molecule has 2 saturated heterocycles. The number of rotatable bonds is 9. The summed E-state index contributed by atoms with van der Waals surface area (Å²) in [5.41, 5.74) is -1.46. The number of amidine groups is 1. The molecule has 246 valence electrons. The molecule has 3 heterocycles. The van der Waals surface area contributed by atoms with Gasteiger partial charge in [-0.3, -0.25) is 29.8 Å². The maximum absolute atomic E-state index is 13.9. The average molecular weight is 651 g/mol. The van der Waals surface area contributed by atoms with E-state index < -0.39 is 29.2 Å². The Morgan fingerprint density at radius 3 is 2.49 bits per heavy atom. The maximum atomic E-state index is 13.9. The lowest BCUT2D eigenvalue weighted by molar-refractivity contribution is -0.143. The van der Waals surface area contributed by atoms with E-state index in [2.05, 4.69) is 32.1 Å². The number of amides is 1. The second kappa shape index (κ2) is 14.3. The van der Waals surface area contributed by atoms with Gasteiger partial charge in [0.25, 0.3) is 5.91 Å². The first-order valence-electron chi connectivity index (χ1n) is 15.0. The van der Waals surface area contributed by atoms with Crippen molar-refractivity contribution in [1.29, 1.82) is 0 Å². The van der Waals surface area contributed by atoms with Gasteiger partial charge >= 0.3 is 12.1 Å². The Labute approximate surface area is 265 Å². The Morgan fingerprint density at radius 1 is 1.18 bits per heavy atom. The van der Waals surface area contributed by atoms with Crippen LogP contribution in [0.25, 0.3) is 11.3 Å². The molecule has 2 aliphatic heterocycles. The molecule has 1 atom stereocenters. The molecule has 2 aliphatic rings. The number of carbonyl (C=O) groups is 2. The fourth-order valence-electron chi connectivity index (χ4n) is 5.56. The van der Waals surface area contributed by atoms with Crippen LogP contribution in [0.15, 0.2) is 28.2 Å². The Hall–Kier alpha value is -3.52. The number of aliphatic imine (C=N–C) groups is 2. The molecule has 4 rings (SSSR count). The number of piperidine rings is 2. The average Bonchev–Trinajstić information content (AvgIpc) is 3.39. The minimum atomic E-state index is -4.62. The van der Waals surface area contributed by atoms with Gasteiger partial charge < -0.3 is 14.7 Å². The molecule has 10 nitrogen and oxygen atoms in total. The van der Waals surface area contributed by atoms with E-state index in [4.69, 9.17) is 4.74 Å². The van der Waals surface area contributed by atoms with Gasteiger partial charge in [-0.25, -0.2) is 4.98 Å². The van der Waals surface area contributed by atoms with E-state index in [-0.39, 0.29) is 22.4 Å². The Morgan fingerprint density at radius 2 is 1.89 bits per heavy atom. The molecule has 0 bridgehead atoms. The molecule has 2 aromatic rings. The summed E-state index contributed by atoms with van der Waals surface area (Å²) in [6, 6.07) is 4.20. The minimum absolute atomic E-state index is 0.266. The van der Waals surface area contributed by atoms with Crippen molar-refractivity contribution < 1.29 is 32.6 Å². The summed E-state index contributed by atoms with van der Waals surface area (Å²) < 4.78 is 46.6. The lowest BCUT2D eigenvalue weighted by atomic mass is 9.97. The number of anilines is 1. The number of benzene rings is 1. The topological polar surface area (TPSA) is 120 Å². The number of hydrogen-bond acceptors (Lipinski definition) is 8. The van der Waals surface area contributed by atoms with Gasteiger partial charge in [-0.05, 0) is 71.2 Å². The maximum Gasteiger partial charge on any atom is 0.419 e. The minimum Gasteiger partial charge on any atom is -0.496 e.